The Morgan fingerprint density at radius 2 is 1.86 bits per heavy atom. The van der Waals surface area contributed by atoms with Gasteiger partial charge in [0.25, 0.3) is 0 Å². The summed E-state index contributed by atoms with van der Waals surface area (Å²) in [4.78, 5) is 23.5. The van der Waals surface area contributed by atoms with E-state index in [4.69, 9.17) is 19.5 Å². The summed E-state index contributed by atoms with van der Waals surface area (Å²) in [7, 11) is 2.47. The van der Waals surface area contributed by atoms with Crippen molar-refractivity contribution in [2.24, 2.45) is 0 Å². The van der Waals surface area contributed by atoms with Crippen LogP contribution in [-0.4, -0.2) is 31.3 Å². The normalized spacial score (nSPS) is 10.5. The second-order valence-corrected chi connectivity index (χ2v) is 5.33. The number of nitriles is 1. The van der Waals surface area contributed by atoms with Crippen molar-refractivity contribution in [2.75, 3.05) is 14.2 Å². The number of rotatable bonds is 8. The molecule has 8 heteroatoms. The molecule has 0 amide bonds. The number of carbonyl (C=O) groups is 2. The summed E-state index contributed by atoms with van der Waals surface area (Å²) in [6.07, 6.45) is 1.01. The van der Waals surface area contributed by atoms with E-state index in [2.05, 4.69) is 4.74 Å². The van der Waals surface area contributed by atoms with Crippen LogP contribution in [-0.2, 0) is 20.9 Å². The van der Waals surface area contributed by atoms with Gasteiger partial charge in [0.05, 0.1) is 25.9 Å². The van der Waals surface area contributed by atoms with Gasteiger partial charge in [-0.15, -0.1) is 0 Å². The van der Waals surface area contributed by atoms with Gasteiger partial charge in [0, 0.05) is 5.56 Å². The number of hydrogen-bond donors (Lipinski definition) is 1. The summed E-state index contributed by atoms with van der Waals surface area (Å²) in [6, 6.07) is 12.9. The van der Waals surface area contributed by atoms with E-state index < -0.39 is 11.9 Å². The van der Waals surface area contributed by atoms with Gasteiger partial charge >= 0.3 is 11.9 Å². The van der Waals surface area contributed by atoms with Crippen LogP contribution in [0.5, 0.6) is 11.5 Å². The number of aromatic carboxylic acids is 1. The number of benzene rings is 2. The third-order valence-electron chi connectivity index (χ3n) is 3.54. The molecule has 0 saturated heterocycles. The van der Waals surface area contributed by atoms with Gasteiger partial charge in [-0.05, 0) is 30.3 Å². The standard InChI is InChI=1S/C20H17NO7/c1-25-12-17(20(24)26-2)28-16-5-3-4-14(18(16)19(22)23)11-27-15-8-6-13(10-21)7-9-15/h3-9,12H,11H2,1-2H3,(H,22,23). The number of methoxy groups -OCH3 is 2. The average molecular weight is 383 g/mol. The van der Waals surface area contributed by atoms with Crippen LogP contribution in [0, 0.1) is 11.3 Å². The first-order valence-corrected chi connectivity index (χ1v) is 7.97. The van der Waals surface area contributed by atoms with E-state index in [0.717, 1.165) is 13.4 Å². The first-order chi connectivity index (χ1) is 13.5. The lowest BCUT2D eigenvalue weighted by Crippen LogP contribution is -2.14. The fraction of sp³-hybridized carbons (Fsp3) is 0.150. The molecular weight excluding hydrogens is 366 g/mol. The van der Waals surface area contributed by atoms with Gasteiger partial charge in [-0.1, -0.05) is 12.1 Å². The summed E-state index contributed by atoms with van der Waals surface area (Å²) in [5.74, 6) is -1.98. The predicted molar refractivity (Wildman–Crippen MR) is 96.6 cm³/mol. The van der Waals surface area contributed by atoms with Crippen LogP contribution in [0.2, 0.25) is 0 Å². The Kier molecular flexibility index (Phi) is 6.99. The molecule has 28 heavy (non-hydrogen) atoms. The highest BCUT2D eigenvalue weighted by atomic mass is 16.6. The molecule has 8 nitrogen and oxygen atoms in total. The molecule has 0 spiro atoms. The van der Waals surface area contributed by atoms with Crippen molar-refractivity contribution in [2.45, 2.75) is 6.61 Å². The van der Waals surface area contributed by atoms with Crippen molar-refractivity contribution in [3.8, 4) is 17.6 Å². The van der Waals surface area contributed by atoms with Crippen molar-refractivity contribution in [1.82, 2.24) is 0 Å². The summed E-state index contributed by atoms with van der Waals surface area (Å²) in [5.41, 5.74) is 0.646. The number of ether oxygens (including phenoxy) is 4. The van der Waals surface area contributed by atoms with Crippen LogP contribution >= 0.6 is 0 Å². The van der Waals surface area contributed by atoms with Gasteiger partial charge in [-0.2, -0.15) is 5.26 Å². The van der Waals surface area contributed by atoms with Crippen LogP contribution in [0.1, 0.15) is 21.5 Å². The smallest absolute Gasteiger partial charge is 0.377 e. The van der Waals surface area contributed by atoms with Crippen molar-refractivity contribution in [1.29, 1.82) is 5.26 Å². The molecule has 0 fully saturated rings. The lowest BCUT2D eigenvalue weighted by Gasteiger charge is -2.14. The van der Waals surface area contributed by atoms with E-state index in [-0.39, 0.29) is 23.7 Å². The van der Waals surface area contributed by atoms with Gasteiger partial charge in [-0.25, -0.2) is 9.59 Å². The Morgan fingerprint density at radius 1 is 1.14 bits per heavy atom. The Morgan fingerprint density at radius 3 is 2.43 bits per heavy atom. The Hall–Kier alpha value is -3.99. The molecule has 0 radical (unpaired) electrons. The van der Waals surface area contributed by atoms with Gasteiger partial charge in [0.15, 0.2) is 0 Å². The predicted octanol–water partition coefficient (Wildman–Crippen LogP) is 2.88. The molecule has 1 N–H and O–H groups in total. The van der Waals surface area contributed by atoms with Crippen LogP contribution in [0.3, 0.4) is 0 Å². The summed E-state index contributed by atoms with van der Waals surface area (Å²) in [6.45, 7) is -0.0632. The minimum absolute atomic E-state index is 0.0632. The molecule has 0 saturated carbocycles. The molecule has 0 bridgehead atoms. The molecule has 0 aliphatic carbocycles. The number of carboxylic acid groups (broad SMARTS) is 1. The highest BCUT2D eigenvalue weighted by Crippen LogP contribution is 2.26. The zero-order valence-corrected chi connectivity index (χ0v) is 15.2. The zero-order chi connectivity index (χ0) is 20.5. The Labute approximate surface area is 161 Å². The molecule has 2 rings (SSSR count). The summed E-state index contributed by atoms with van der Waals surface area (Å²) < 4.78 is 20.4. The first-order valence-electron chi connectivity index (χ1n) is 7.97. The van der Waals surface area contributed by atoms with Crippen molar-refractivity contribution < 1.29 is 33.6 Å². The molecule has 0 aliphatic rings. The fourth-order valence-electron chi connectivity index (χ4n) is 2.25. The fourth-order valence-corrected chi connectivity index (χ4v) is 2.25. The lowest BCUT2D eigenvalue weighted by molar-refractivity contribution is -0.138. The number of carboxylic acids is 1. The van der Waals surface area contributed by atoms with Gasteiger partial charge in [0.1, 0.15) is 29.9 Å². The van der Waals surface area contributed by atoms with E-state index in [9.17, 15) is 14.7 Å². The molecule has 0 atom stereocenters. The van der Waals surface area contributed by atoms with E-state index in [1.807, 2.05) is 6.07 Å². The van der Waals surface area contributed by atoms with E-state index in [0.29, 0.717) is 16.9 Å². The maximum atomic E-state index is 11.8. The molecule has 0 heterocycles. The van der Waals surface area contributed by atoms with Crippen LogP contribution in [0.4, 0.5) is 0 Å². The highest BCUT2D eigenvalue weighted by Gasteiger charge is 2.21. The van der Waals surface area contributed by atoms with Gasteiger partial charge < -0.3 is 24.1 Å². The second-order valence-electron chi connectivity index (χ2n) is 5.33. The minimum Gasteiger partial charge on any atom is -0.500 e. The number of carbonyl (C=O) groups excluding carboxylic acids is 1. The number of nitrogens with zero attached hydrogens (tertiary/aromatic N) is 1. The molecule has 0 aromatic heterocycles. The largest absolute Gasteiger partial charge is 0.500 e. The maximum absolute atomic E-state index is 11.8. The van der Waals surface area contributed by atoms with Crippen LogP contribution in [0.15, 0.2) is 54.5 Å². The minimum atomic E-state index is -1.25. The van der Waals surface area contributed by atoms with E-state index >= 15 is 0 Å². The summed E-state index contributed by atoms with van der Waals surface area (Å²) >= 11 is 0. The molecule has 0 aliphatic heterocycles. The van der Waals surface area contributed by atoms with Crippen LogP contribution in [0.25, 0.3) is 0 Å². The van der Waals surface area contributed by atoms with Crippen molar-refractivity contribution >= 4 is 11.9 Å². The van der Waals surface area contributed by atoms with E-state index in [1.54, 1.807) is 36.4 Å². The zero-order valence-electron chi connectivity index (χ0n) is 15.2. The number of esters is 1. The van der Waals surface area contributed by atoms with Gasteiger partial charge in [0.2, 0.25) is 5.76 Å². The topological polar surface area (TPSA) is 115 Å². The molecular formula is C20H17NO7. The number of hydrogen-bond acceptors (Lipinski definition) is 7. The van der Waals surface area contributed by atoms with Crippen molar-refractivity contribution in [3.63, 3.8) is 0 Å². The molecule has 2 aromatic rings. The summed E-state index contributed by atoms with van der Waals surface area (Å²) in [5, 5.41) is 18.4. The van der Waals surface area contributed by atoms with E-state index in [1.165, 1.54) is 13.2 Å². The SMILES string of the molecule is COC=C(Oc1cccc(COc2ccc(C#N)cc2)c1C(=O)O)C(=O)OC. The molecule has 144 valence electrons. The third kappa shape index (κ3) is 5.02. The van der Waals surface area contributed by atoms with Crippen molar-refractivity contribution in [3.05, 3.63) is 71.2 Å². The second kappa shape index (κ2) is 9.64. The van der Waals surface area contributed by atoms with Crippen LogP contribution < -0.4 is 9.47 Å². The molecule has 0 unspecified atom stereocenters. The lowest BCUT2D eigenvalue weighted by atomic mass is 10.1. The highest BCUT2D eigenvalue weighted by molar-refractivity contribution is 5.93. The quantitative estimate of drug-likeness (QED) is 0.420. The maximum Gasteiger partial charge on any atom is 0.377 e. The molecule has 2 aromatic carbocycles. The monoisotopic (exact) mass is 383 g/mol. The first kappa shape index (κ1) is 20.3. The van der Waals surface area contributed by atoms with Gasteiger partial charge in [-0.3, -0.25) is 0 Å². The Bertz CT molecular complexity index is 927. The Balaban J connectivity index is 2.29. The third-order valence-corrected chi connectivity index (χ3v) is 3.54. The average Bonchev–Trinajstić information content (AvgIpc) is 2.71.